The highest BCUT2D eigenvalue weighted by molar-refractivity contribution is 5.98. The molecule has 2 aliphatic rings. The fourth-order valence-electron chi connectivity index (χ4n) is 4.58. The molecule has 0 spiro atoms. The number of esters is 1. The molecule has 0 N–H and O–H groups in total. The minimum absolute atomic E-state index is 0.174. The number of nitrogens with zero attached hydrogens (tertiary/aromatic N) is 1. The van der Waals surface area contributed by atoms with Crippen LogP contribution in [0.2, 0.25) is 0 Å². The van der Waals surface area contributed by atoms with Crippen molar-refractivity contribution in [1.29, 1.82) is 0 Å². The number of carbonyl (C=O) groups excluding carboxylic acids is 1. The summed E-state index contributed by atoms with van der Waals surface area (Å²) < 4.78 is 27.8. The largest absolute Gasteiger partial charge is 0.493 e. The van der Waals surface area contributed by atoms with Crippen LogP contribution >= 0.6 is 0 Å². The molecule has 7 heteroatoms. The van der Waals surface area contributed by atoms with Gasteiger partial charge in [0.15, 0.2) is 23.0 Å². The Morgan fingerprint density at radius 2 is 1.60 bits per heavy atom. The van der Waals surface area contributed by atoms with E-state index < -0.39 is 12.1 Å². The van der Waals surface area contributed by atoms with Gasteiger partial charge >= 0.3 is 5.97 Å². The molecule has 2 aromatic carbocycles. The lowest BCUT2D eigenvalue weighted by atomic mass is 9.83. The number of ether oxygens (including phenoxy) is 5. The number of methoxy groups -OCH3 is 4. The highest BCUT2D eigenvalue weighted by Crippen LogP contribution is 2.51. The highest BCUT2D eigenvalue weighted by atomic mass is 16.6. The molecule has 2 aliphatic heterocycles. The number of likely N-dealkylation sites (N-methyl/N-ethyl adjacent to an activating group) is 1. The Kier molecular flexibility index (Phi) is 5.24. The molecule has 0 amide bonds. The Morgan fingerprint density at radius 3 is 2.23 bits per heavy atom. The van der Waals surface area contributed by atoms with Gasteiger partial charge in [0.1, 0.15) is 11.7 Å². The van der Waals surface area contributed by atoms with E-state index in [4.69, 9.17) is 23.7 Å². The van der Waals surface area contributed by atoms with Crippen LogP contribution in [0.25, 0.3) is 0 Å². The minimum atomic E-state index is -0.475. The van der Waals surface area contributed by atoms with Crippen LogP contribution < -0.4 is 18.9 Å². The van der Waals surface area contributed by atoms with Gasteiger partial charge in [-0.15, -0.1) is 0 Å². The van der Waals surface area contributed by atoms with Gasteiger partial charge in [0, 0.05) is 11.6 Å². The molecule has 7 nitrogen and oxygen atoms in total. The van der Waals surface area contributed by atoms with Gasteiger partial charge in [0.05, 0.1) is 34.5 Å². The Balaban J connectivity index is 1.88. The second-order valence-electron chi connectivity index (χ2n) is 7.66. The summed E-state index contributed by atoms with van der Waals surface area (Å²) in [6, 6.07) is 7.80. The summed E-state index contributed by atoms with van der Waals surface area (Å²) in [5, 5.41) is 0. The van der Waals surface area contributed by atoms with Crippen molar-refractivity contribution in [1.82, 2.24) is 4.90 Å². The second-order valence-corrected chi connectivity index (χ2v) is 7.66. The summed E-state index contributed by atoms with van der Waals surface area (Å²) in [4.78, 5) is 15.1. The predicted octanol–water partition coefficient (Wildman–Crippen LogP) is 3.55. The third-order valence-corrected chi connectivity index (χ3v) is 6.22. The number of cyclic esters (lactones) is 1. The van der Waals surface area contributed by atoms with Crippen LogP contribution in [0.4, 0.5) is 0 Å². The van der Waals surface area contributed by atoms with Crippen LogP contribution in [0.15, 0.2) is 24.3 Å². The van der Waals surface area contributed by atoms with Crippen LogP contribution in [0.5, 0.6) is 23.0 Å². The molecule has 0 aromatic heterocycles. The molecule has 0 saturated heterocycles. The summed E-state index contributed by atoms with van der Waals surface area (Å²) in [5.41, 5.74) is 3.45. The van der Waals surface area contributed by atoms with Gasteiger partial charge in [-0.25, -0.2) is 4.79 Å². The Labute approximate surface area is 176 Å². The van der Waals surface area contributed by atoms with E-state index in [0.717, 1.165) is 23.1 Å². The van der Waals surface area contributed by atoms with Gasteiger partial charge in [-0.3, -0.25) is 4.90 Å². The Bertz CT molecular complexity index is 988. The van der Waals surface area contributed by atoms with Crippen molar-refractivity contribution in [2.75, 3.05) is 35.5 Å². The van der Waals surface area contributed by atoms with Gasteiger partial charge in [0.25, 0.3) is 0 Å². The van der Waals surface area contributed by atoms with Crippen molar-refractivity contribution < 1.29 is 28.5 Å². The standard InChI is InChI=1S/C23H27NO6/c1-12-9-13-10-17(27-4)18(28-5)11-15(13)20(24(12)2)21-14-7-8-16(26-3)22(29-6)19(14)23(25)30-21/h7-8,10-12,20-21H,9H2,1-6H3/t12-,20+,21-/m0/s1. The van der Waals surface area contributed by atoms with Crippen molar-refractivity contribution in [3.8, 4) is 23.0 Å². The molecular formula is C23H27NO6. The van der Waals surface area contributed by atoms with Gasteiger partial charge in [-0.2, -0.15) is 0 Å². The maximum atomic E-state index is 12.9. The first-order valence-corrected chi connectivity index (χ1v) is 9.87. The van der Waals surface area contributed by atoms with E-state index in [0.29, 0.717) is 28.6 Å². The number of rotatable bonds is 5. The molecule has 0 bridgehead atoms. The maximum Gasteiger partial charge on any atom is 0.343 e. The monoisotopic (exact) mass is 413 g/mol. The van der Waals surface area contributed by atoms with E-state index in [1.54, 1.807) is 21.3 Å². The molecule has 30 heavy (non-hydrogen) atoms. The topological polar surface area (TPSA) is 66.5 Å². The zero-order valence-electron chi connectivity index (χ0n) is 18.1. The number of carbonyl (C=O) groups is 1. The van der Waals surface area contributed by atoms with Crippen molar-refractivity contribution >= 4 is 5.97 Å². The number of fused-ring (bicyclic) bond motifs is 2. The lowest BCUT2D eigenvalue weighted by Gasteiger charge is -2.42. The van der Waals surface area contributed by atoms with Crippen LogP contribution in [0.3, 0.4) is 0 Å². The van der Waals surface area contributed by atoms with E-state index in [2.05, 4.69) is 18.9 Å². The molecule has 0 fully saturated rings. The van der Waals surface area contributed by atoms with Crippen LogP contribution in [-0.4, -0.2) is 52.4 Å². The number of hydrogen-bond donors (Lipinski definition) is 0. The third-order valence-electron chi connectivity index (χ3n) is 6.22. The molecule has 4 rings (SSSR count). The molecule has 0 saturated carbocycles. The Morgan fingerprint density at radius 1 is 0.933 bits per heavy atom. The van der Waals surface area contributed by atoms with Crippen molar-refractivity contribution in [3.05, 3.63) is 46.5 Å². The first kappa shape index (κ1) is 20.3. The summed E-state index contributed by atoms with van der Waals surface area (Å²) in [7, 11) is 8.39. The van der Waals surface area contributed by atoms with Gasteiger partial charge in [-0.05, 0) is 49.7 Å². The zero-order chi connectivity index (χ0) is 21.6. The average Bonchev–Trinajstić information content (AvgIpc) is 3.09. The summed E-state index contributed by atoms with van der Waals surface area (Å²) in [6.07, 6.45) is 0.388. The van der Waals surface area contributed by atoms with Crippen molar-refractivity contribution in [2.45, 2.75) is 31.5 Å². The fourth-order valence-corrected chi connectivity index (χ4v) is 4.58. The van der Waals surface area contributed by atoms with Crippen LogP contribution in [0.1, 0.15) is 46.1 Å². The fraction of sp³-hybridized carbons (Fsp3) is 0.435. The molecule has 160 valence electrons. The average molecular weight is 413 g/mol. The normalized spacial score (nSPS) is 22.7. The van der Waals surface area contributed by atoms with E-state index >= 15 is 0 Å². The van der Waals surface area contributed by atoms with Crippen LogP contribution in [-0.2, 0) is 11.2 Å². The van der Waals surface area contributed by atoms with Crippen LogP contribution in [0, 0.1) is 0 Å². The SMILES string of the molecule is COc1cc2c(cc1OC)[C@H]([C@H]1OC(=O)c3c1ccc(OC)c3OC)N(C)[C@@H](C)C2. The van der Waals surface area contributed by atoms with E-state index in [1.807, 2.05) is 24.3 Å². The lowest BCUT2D eigenvalue weighted by Crippen LogP contribution is -2.42. The second kappa shape index (κ2) is 7.72. The summed E-state index contributed by atoms with van der Waals surface area (Å²) >= 11 is 0. The molecular weight excluding hydrogens is 386 g/mol. The molecule has 3 atom stereocenters. The molecule has 0 aliphatic carbocycles. The zero-order valence-corrected chi connectivity index (χ0v) is 18.1. The third kappa shape index (κ3) is 2.96. The van der Waals surface area contributed by atoms with Gasteiger partial charge < -0.3 is 23.7 Å². The first-order chi connectivity index (χ1) is 14.4. The Hall–Kier alpha value is -2.93. The summed E-state index contributed by atoms with van der Waals surface area (Å²) in [5.74, 6) is 1.86. The maximum absolute atomic E-state index is 12.9. The van der Waals surface area contributed by atoms with Gasteiger partial charge in [-0.1, -0.05) is 6.07 Å². The molecule has 0 unspecified atom stereocenters. The van der Waals surface area contributed by atoms with E-state index in [-0.39, 0.29) is 12.1 Å². The molecule has 0 radical (unpaired) electrons. The first-order valence-electron chi connectivity index (χ1n) is 9.87. The number of benzene rings is 2. The smallest absolute Gasteiger partial charge is 0.343 e. The quantitative estimate of drug-likeness (QED) is 0.695. The number of hydrogen-bond acceptors (Lipinski definition) is 7. The highest BCUT2D eigenvalue weighted by Gasteiger charge is 2.45. The molecule has 2 heterocycles. The van der Waals surface area contributed by atoms with Crippen molar-refractivity contribution in [2.24, 2.45) is 0 Å². The van der Waals surface area contributed by atoms with E-state index in [1.165, 1.54) is 7.11 Å². The minimum Gasteiger partial charge on any atom is -0.493 e. The predicted molar refractivity (Wildman–Crippen MR) is 111 cm³/mol. The summed E-state index contributed by atoms with van der Waals surface area (Å²) in [6.45, 7) is 2.17. The lowest BCUT2D eigenvalue weighted by molar-refractivity contribution is 0.000495. The molecule has 2 aromatic rings. The van der Waals surface area contributed by atoms with E-state index in [9.17, 15) is 4.79 Å². The van der Waals surface area contributed by atoms with Gasteiger partial charge in [0.2, 0.25) is 0 Å². The van der Waals surface area contributed by atoms with Crippen molar-refractivity contribution in [3.63, 3.8) is 0 Å².